The van der Waals surface area contributed by atoms with Gasteiger partial charge in [-0.25, -0.2) is 0 Å². The average molecular weight is 299 g/mol. The third-order valence-corrected chi connectivity index (χ3v) is 4.21. The number of amides is 1. The summed E-state index contributed by atoms with van der Waals surface area (Å²) in [5.74, 6) is 0.807. The molecule has 5 nitrogen and oxygen atoms in total. The molecular weight excluding hydrogens is 278 g/mol. The number of aromatic nitrogens is 2. The molecule has 0 bridgehead atoms. The van der Waals surface area contributed by atoms with Gasteiger partial charge in [0.1, 0.15) is 12.4 Å². The van der Waals surface area contributed by atoms with Crippen LogP contribution in [0, 0.1) is 12.8 Å². The third-order valence-electron chi connectivity index (χ3n) is 4.21. The monoisotopic (exact) mass is 299 g/mol. The fraction of sp³-hybridized carbons (Fsp3) is 0.412. The Hall–Kier alpha value is -2.30. The van der Waals surface area contributed by atoms with Crippen LogP contribution in [0.25, 0.3) is 0 Å². The maximum atomic E-state index is 12.4. The lowest BCUT2D eigenvalue weighted by Crippen LogP contribution is -2.37. The summed E-state index contributed by atoms with van der Waals surface area (Å²) in [5, 5.41) is 7.30. The van der Waals surface area contributed by atoms with E-state index in [1.807, 2.05) is 42.1 Å². The second kappa shape index (κ2) is 6.22. The summed E-state index contributed by atoms with van der Waals surface area (Å²) in [6.07, 6.45) is 2.56. The van der Waals surface area contributed by atoms with E-state index in [4.69, 9.17) is 4.74 Å². The third kappa shape index (κ3) is 2.84. The molecule has 116 valence electrons. The smallest absolute Gasteiger partial charge is 0.227 e. The Kier molecular flexibility index (Phi) is 4.13. The second-order valence-corrected chi connectivity index (χ2v) is 5.61. The Labute approximate surface area is 130 Å². The molecule has 5 heteroatoms. The van der Waals surface area contributed by atoms with Crippen LogP contribution in [0.4, 0.5) is 0 Å². The number of carbonyl (C=O) groups is 1. The number of benzene rings is 1. The van der Waals surface area contributed by atoms with Crippen molar-refractivity contribution in [3.05, 3.63) is 47.3 Å². The van der Waals surface area contributed by atoms with Gasteiger partial charge in [-0.3, -0.25) is 9.48 Å². The van der Waals surface area contributed by atoms with Gasteiger partial charge in [0.15, 0.2) is 0 Å². The van der Waals surface area contributed by atoms with Crippen molar-refractivity contribution in [3.63, 3.8) is 0 Å². The van der Waals surface area contributed by atoms with Crippen molar-refractivity contribution in [1.29, 1.82) is 0 Å². The molecule has 0 aliphatic carbocycles. The van der Waals surface area contributed by atoms with Crippen molar-refractivity contribution in [1.82, 2.24) is 15.1 Å². The number of fused-ring (bicyclic) bond motifs is 1. The molecule has 1 aliphatic rings. The summed E-state index contributed by atoms with van der Waals surface area (Å²) in [6, 6.07) is 7.90. The lowest BCUT2D eigenvalue weighted by Gasteiger charge is -2.24. The Morgan fingerprint density at radius 1 is 1.45 bits per heavy atom. The van der Waals surface area contributed by atoms with E-state index in [1.165, 1.54) is 0 Å². The van der Waals surface area contributed by atoms with Crippen LogP contribution in [-0.4, -0.2) is 22.3 Å². The highest BCUT2D eigenvalue weighted by molar-refractivity contribution is 5.79. The van der Waals surface area contributed by atoms with Crippen LogP contribution in [-0.2, 0) is 24.3 Å². The second-order valence-electron chi connectivity index (χ2n) is 5.61. The summed E-state index contributed by atoms with van der Waals surface area (Å²) < 4.78 is 7.61. The highest BCUT2D eigenvalue weighted by atomic mass is 16.5. The number of nitrogens with one attached hydrogen (secondary N) is 1. The summed E-state index contributed by atoms with van der Waals surface area (Å²) in [5.41, 5.74) is 3.27. The first-order chi connectivity index (χ1) is 10.7. The number of ether oxygens (including phenoxy) is 1. The molecule has 0 radical (unpaired) electrons. The summed E-state index contributed by atoms with van der Waals surface area (Å²) >= 11 is 0. The van der Waals surface area contributed by atoms with Crippen LogP contribution in [0.2, 0.25) is 0 Å². The largest absolute Gasteiger partial charge is 0.492 e. The normalized spacial score (nSPS) is 16.7. The first-order valence-corrected chi connectivity index (χ1v) is 7.68. The number of rotatable bonds is 4. The fourth-order valence-corrected chi connectivity index (χ4v) is 2.80. The molecule has 1 N–H and O–H groups in total. The zero-order chi connectivity index (χ0) is 15.5. The summed E-state index contributed by atoms with van der Waals surface area (Å²) in [7, 11) is 0. The quantitative estimate of drug-likeness (QED) is 0.940. The molecule has 1 amide bonds. The Balaban J connectivity index is 1.60. The van der Waals surface area contributed by atoms with Gasteiger partial charge in [-0.05, 0) is 31.9 Å². The van der Waals surface area contributed by atoms with Crippen LogP contribution in [0.1, 0.15) is 23.7 Å². The zero-order valence-electron chi connectivity index (χ0n) is 13.0. The molecule has 2 aromatic rings. The van der Waals surface area contributed by atoms with E-state index in [0.29, 0.717) is 13.2 Å². The molecule has 3 rings (SSSR count). The fourth-order valence-electron chi connectivity index (χ4n) is 2.80. The Morgan fingerprint density at radius 2 is 2.27 bits per heavy atom. The number of carbonyl (C=O) groups excluding carboxylic acids is 1. The number of hydrogen-bond donors (Lipinski definition) is 1. The van der Waals surface area contributed by atoms with E-state index in [2.05, 4.69) is 17.3 Å². The van der Waals surface area contributed by atoms with Gasteiger partial charge in [0, 0.05) is 24.3 Å². The first kappa shape index (κ1) is 14.6. The van der Waals surface area contributed by atoms with Crippen LogP contribution < -0.4 is 10.1 Å². The lowest BCUT2D eigenvalue weighted by atomic mass is 9.96. The number of para-hydroxylation sites is 1. The van der Waals surface area contributed by atoms with Gasteiger partial charge in [-0.15, -0.1) is 0 Å². The van der Waals surface area contributed by atoms with Crippen LogP contribution in [0.15, 0.2) is 30.5 Å². The van der Waals surface area contributed by atoms with E-state index in [0.717, 1.165) is 35.5 Å². The number of nitrogens with zero attached hydrogens (tertiary/aromatic N) is 2. The Bertz CT molecular complexity index is 678. The molecular formula is C17H21N3O2. The van der Waals surface area contributed by atoms with Crippen molar-refractivity contribution < 1.29 is 9.53 Å². The summed E-state index contributed by atoms with van der Waals surface area (Å²) in [4.78, 5) is 12.4. The van der Waals surface area contributed by atoms with Crippen molar-refractivity contribution in [2.24, 2.45) is 5.92 Å². The standard InChI is InChI=1S/C17H21N3O2/c1-3-20-12(2)15(10-19-20)9-18-17(21)14-8-13-6-4-5-7-16(13)22-11-14/h4-7,10,14H,3,8-9,11H2,1-2H3,(H,18,21)/t14-/m1/s1. The van der Waals surface area contributed by atoms with E-state index < -0.39 is 0 Å². The van der Waals surface area contributed by atoms with E-state index >= 15 is 0 Å². The van der Waals surface area contributed by atoms with Gasteiger partial charge in [0.05, 0.1) is 12.1 Å². The van der Waals surface area contributed by atoms with Gasteiger partial charge >= 0.3 is 0 Å². The maximum Gasteiger partial charge on any atom is 0.227 e. The summed E-state index contributed by atoms with van der Waals surface area (Å²) in [6.45, 7) is 5.88. The topological polar surface area (TPSA) is 56.2 Å². The van der Waals surface area contributed by atoms with E-state index in [-0.39, 0.29) is 11.8 Å². The highest BCUT2D eigenvalue weighted by Gasteiger charge is 2.25. The molecule has 1 aromatic heterocycles. The highest BCUT2D eigenvalue weighted by Crippen LogP contribution is 2.26. The molecule has 0 unspecified atom stereocenters. The van der Waals surface area contributed by atoms with Crippen molar-refractivity contribution in [2.45, 2.75) is 33.4 Å². The van der Waals surface area contributed by atoms with Gasteiger partial charge < -0.3 is 10.1 Å². The molecule has 2 heterocycles. The molecule has 22 heavy (non-hydrogen) atoms. The van der Waals surface area contributed by atoms with Crippen molar-refractivity contribution >= 4 is 5.91 Å². The zero-order valence-corrected chi connectivity index (χ0v) is 13.0. The van der Waals surface area contributed by atoms with Gasteiger partial charge in [0.25, 0.3) is 0 Å². The molecule has 0 saturated carbocycles. The number of hydrogen-bond acceptors (Lipinski definition) is 3. The Morgan fingerprint density at radius 3 is 3.05 bits per heavy atom. The van der Waals surface area contributed by atoms with E-state index in [1.54, 1.807) is 0 Å². The number of aryl methyl sites for hydroxylation is 1. The molecule has 0 spiro atoms. The lowest BCUT2D eigenvalue weighted by molar-refractivity contribution is -0.126. The van der Waals surface area contributed by atoms with E-state index in [9.17, 15) is 4.79 Å². The van der Waals surface area contributed by atoms with Gasteiger partial charge in [-0.2, -0.15) is 5.10 Å². The molecule has 1 aliphatic heterocycles. The minimum Gasteiger partial charge on any atom is -0.492 e. The van der Waals surface area contributed by atoms with Crippen LogP contribution in [0.5, 0.6) is 5.75 Å². The van der Waals surface area contributed by atoms with Crippen LogP contribution >= 0.6 is 0 Å². The molecule has 1 aromatic carbocycles. The maximum absolute atomic E-state index is 12.4. The first-order valence-electron chi connectivity index (χ1n) is 7.68. The molecule has 0 saturated heterocycles. The average Bonchev–Trinajstić information content (AvgIpc) is 2.92. The van der Waals surface area contributed by atoms with Crippen molar-refractivity contribution in [2.75, 3.05) is 6.61 Å². The minimum absolute atomic E-state index is 0.0400. The molecule has 0 fully saturated rings. The van der Waals surface area contributed by atoms with Gasteiger partial charge in [0.2, 0.25) is 5.91 Å². The molecule has 1 atom stereocenters. The van der Waals surface area contributed by atoms with Gasteiger partial charge in [-0.1, -0.05) is 18.2 Å². The van der Waals surface area contributed by atoms with Crippen molar-refractivity contribution in [3.8, 4) is 5.75 Å². The predicted molar refractivity (Wildman–Crippen MR) is 83.6 cm³/mol. The predicted octanol–water partition coefficient (Wildman–Crippen LogP) is 2.08. The van der Waals surface area contributed by atoms with Crippen LogP contribution in [0.3, 0.4) is 0 Å². The minimum atomic E-state index is -0.128. The SMILES string of the molecule is CCn1ncc(CNC(=O)[C@H]2COc3ccccc3C2)c1C.